The molecule has 2 rings (SSSR count). The van der Waals surface area contributed by atoms with Crippen molar-refractivity contribution in [3.63, 3.8) is 0 Å². The van der Waals surface area contributed by atoms with E-state index in [4.69, 9.17) is 9.73 Å². The van der Waals surface area contributed by atoms with Gasteiger partial charge in [0, 0.05) is 38.8 Å². The van der Waals surface area contributed by atoms with E-state index in [1.807, 2.05) is 13.8 Å². The molecular weight excluding hydrogens is 529 g/mol. The van der Waals surface area contributed by atoms with Crippen LogP contribution in [0.3, 0.4) is 0 Å². The maximum atomic E-state index is 12.4. The summed E-state index contributed by atoms with van der Waals surface area (Å²) in [5, 5.41) is 6.45. The van der Waals surface area contributed by atoms with Crippen LogP contribution in [-0.2, 0) is 14.8 Å². The molecule has 1 aromatic carbocycles. The highest BCUT2D eigenvalue weighted by atomic mass is 127. The first-order chi connectivity index (χ1) is 14.3. The number of nitrogens with one attached hydrogen (secondary N) is 3. The molecule has 3 N–H and O–H groups in total. The second-order valence-corrected chi connectivity index (χ2v) is 9.58. The number of benzene rings is 1. The summed E-state index contributed by atoms with van der Waals surface area (Å²) in [6.45, 7) is 13.9. The molecule has 0 amide bonds. The average Bonchev–Trinajstić information content (AvgIpc) is 2.72. The zero-order chi connectivity index (χ0) is 22.0. The van der Waals surface area contributed by atoms with Crippen LogP contribution in [-0.4, -0.2) is 77.8 Å². The number of rotatable bonds is 10. The van der Waals surface area contributed by atoms with E-state index in [-0.39, 0.29) is 35.4 Å². The van der Waals surface area contributed by atoms with Gasteiger partial charge in [-0.2, -0.15) is 0 Å². The second-order valence-electron chi connectivity index (χ2n) is 7.82. The number of ether oxygens (including phenoxy) is 1. The fourth-order valence-corrected chi connectivity index (χ4v) is 4.38. The van der Waals surface area contributed by atoms with Gasteiger partial charge >= 0.3 is 0 Å². The van der Waals surface area contributed by atoms with Gasteiger partial charge in [0.1, 0.15) is 0 Å². The van der Waals surface area contributed by atoms with Crippen molar-refractivity contribution in [3.05, 3.63) is 29.8 Å². The number of halogens is 1. The molecule has 8 nitrogen and oxygen atoms in total. The molecule has 1 heterocycles. The number of hydrogen-bond donors (Lipinski definition) is 3. The molecule has 0 aliphatic carbocycles. The van der Waals surface area contributed by atoms with Crippen molar-refractivity contribution in [2.45, 2.75) is 38.6 Å². The van der Waals surface area contributed by atoms with Crippen molar-refractivity contribution in [2.75, 3.05) is 52.5 Å². The monoisotopic (exact) mass is 567 g/mol. The van der Waals surface area contributed by atoms with Gasteiger partial charge in [-0.3, -0.25) is 9.89 Å². The molecule has 0 spiro atoms. The van der Waals surface area contributed by atoms with Crippen molar-refractivity contribution >= 4 is 40.0 Å². The summed E-state index contributed by atoms with van der Waals surface area (Å²) < 4.78 is 32.9. The summed E-state index contributed by atoms with van der Waals surface area (Å²) >= 11 is 0. The number of sulfonamides is 1. The molecule has 1 atom stereocenters. The molecule has 31 heavy (non-hydrogen) atoms. The number of aryl methyl sites for hydroxylation is 1. The zero-order valence-corrected chi connectivity index (χ0v) is 22.2. The maximum absolute atomic E-state index is 12.4. The second kappa shape index (κ2) is 14.2. The van der Waals surface area contributed by atoms with Crippen LogP contribution in [0.15, 0.2) is 34.2 Å². The normalized spacial score (nSPS) is 16.6. The van der Waals surface area contributed by atoms with Crippen molar-refractivity contribution in [1.29, 1.82) is 0 Å². The average molecular weight is 568 g/mol. The van der Waals surface area contributed by atoms with E-state index in [0.717, 1.165) is 38.4 Å². The number of aliphatic imine (C=N–C) groups is 1. The van der Waals surface area contributed by atoms with Gasteiger partial charge in [-0.25, -0.2) is 13.1 Å². The first-order valence-corrected chi connectivity index (χ1v) is 12.2. The largest absolute Gasteiger partial charge is 0.379 e. The van der Waals surface area contributed by atoms with Gasteiger partial charge in [0.25, 0.3) is 0 Å². The van der Waals surface area contributed by atoms with E-state index >= 15 is 0 Å². The van der Waals surface area contributed by atoms with E-state index < -0.39 is 10.0 Å². The number of nitrogens with zero attached hydrogens (tertiary/aromatic N) is 2. The highest BCUT2D eigenvalue weighted by molar-refractivity contribution is 14.0. The fraction of sp³-hybridized carbons (Fsp3) is 0.667. The standard InChI is InChI=1S/C21H37N5O3S.HI/c1-5-22-21(24-16-20(17(2)3)26-12-14-29-15-13-26)23-10-11-25-30(27,28)19-8-6-18(4)7-9-19;/h6-9,17,20,25H,5,10-16H2,1-4H3,(H2,22,23,24);1H. The van der Waals surface area contributed by atoms with Crippen molar-refractivity contribution in [3.8, 4) is 0 Å². The Kier molecular flexibility index (Phi) is 12.9. The Balaban J connectivity index is 0.00000480. The predicted molar refractivity (Wildman–Crippen MR) is 137 cm³/mol. The minimum absolute atomic E-state index is 0. The third kappa shape index (κ3) is 9.60. The Morgan fingerprint density at radius 1 is 1.13 bits per heavy atom. The molecule has 0 bridgehead atoms. The molecule has 1 aliphatic heterocycles. The van der Waals surface area contributed by atoms with Crippen LogP contribution in [0.2, 0.25) is 0 Å². The lowest BCUT2D eigenvalue weighted by Crippen LogP contribution is -2.48. The van der Waals surface area contributed by atoms with Gasteiger partial charge in [0.2, 0.25) is 10.0 Å². The zero-order valence-electron chi connectivity index (χ0n) is 19.1. The first-order valence-electron chi connectivity index (χ1n) is 10.7. The highest BCUT2D eigenvalue weighted by Crippen LogP contribution is 2.13. The minimum atomic E-state index is -3.51. The Morgan fingerprint density at radius 3 is 2.35 bits per heavy atom. The molecule has 0 aromatic heterocycles. The number of guanidine groups is 1. The summed E-state index contributed by atoms with van der Waals surface area (Å²) in [5.41, 5.74) is 1.03. The summed E-state index contributed by atoms with van der Waals surface area (Å²) in [7, 11) is -3.51. The fourth-order valence-electron chi connectivity index (χ4n) is 3.35. The van der Waals surface area contributed by atoms with Gasteiger partial charge < -0.3 is 15.4 Å². The smallest absolute Gasteiger partial charge is 0.240 e. The minimum Gasteiger partial charge on any atom is -0.379 e. The molecule has 1 aliphatic rings. The van der Waals surface area contributed by atoms with Crippen LogP contribution in [0.4, 0.5) is 0 Å². The summed E-state index contributed by atoms with van der Waals surface area (Å²) in [6, 6.07) is 7.18. The Hall–Kier alpha value is -0.950. The lowest BCUT2D eigenvalue weighted by atomic mass is 10.0. The maximum Gasteiger partial charge on any atom is 0.240 e. The van der Waals surface area contributed by atoms with Crippen molar-refractivity contribution in [1.82, 2.24) is 20.3 Å². The summed E-state index contributed by atoms with van der Waals surface area (Å²) in [5.74, 6) is 1.18. The van der Waals surface area contributed by atoms with Crippen LogP contribution in [0.25, 0.3) is 0 Å². The van der Waals surface area contributed by atoms with Crippen LogP contribution >= 0.6 is 24.0 Å². The van der Waals surface area contributed by atoms with Gasteiger partial charge in [-0.15, -0.1) is 24.0 Å². The van der Waals surface area contributed by atoms with E-state index in [1.54, 1.807) is 24.3 Å². The molecule has 0 radical (unpaired) electrons. The predicted octanol–water partition coefficient (Wildman–Crippen LogP) is 1.80. The molecule has 1 fully saturated rings. The highest BCUT2D eigenvalue weighted by Gasteiger charge is 2.23. The van der Waals surface area contributed by atoms with Gasteiger partial charge in [-0.1, -0.05) is 31.5 Å². The topological polar surface area (TPSA) is 95.1 Å². The lowest BCUT2D eigenvalue weighted by Gasteiger charge is -2.36. The summed E-state index contributed by atoms with van der Waals surface area (Å²) in [4.78, 5) is 7.47. The Morgan fingerprint density at radius 2 is 1.77 bits per heavy atom. The molecule has 178 valence electrons. The Bertz CT molecular complexity index is 766. The molecule has 1 aromatic rings. The van der Waals surface area contributed by atoms with Gasteiger partial charge in [-0.05, 0) is 31.9 Å². The third-order valence-electron chi connectivity index (χ3n) is 5.11. The van der Waals surface area contributed by atoms with Crippen LogP contribution in [0, 0.1) is 12.8 Å². The molecule has 1 saturated heterocycles. The number of morpholine rings is 1. The quantitative estimate of drug-likeness (QED) is 0.173. The van der Waals surface area contributed by atoms with Crippen LogP contribution in [0.5, 0.6) is 0 Å². The SMILES string of the molecule is CCNC(=NCC(C(C)C)N1CCOCC1)NCCNS(=O)(=O)c1ccc(C)cc1.I. The number of hydrogen-bond acceptors (Lipinski definition) is 5. The van der Waals surface area contributed by atoms with Gasteiger partial charge in [0.05, 0.1) is 24.7 Å². The van der Waals surface area contributed by atoms with E-state index in [1.165, 1.54) is 0 Å². The molecular formula is C21H38IN5O3S. The molecule has 0 saturated carbocycles. The summed E-state index contributed by atoms with van der Waals surface area (Å²) in [6.07, 6.45) is 0. The molecule has 1 unspecified atom stereocenters. The first kappa shape index (κ1) is 28.1. The van der Waals surface area contributed by atoms with Crippen molar-refractivity contribution in [2.24, 2.45) is 10.9 Å². The van der Waals surface area contributed by atoms with E-state index in [2.05, 4.69) is 34.1 Å². The lowest BCUT2D eigenvalue weighted by molar-refractivity contribution is 0.00867. The van der Waals surface area contributed by atoms with Gasteiger partial charge in [0.15, 0.2) is 5.96 Å². The molecule has 10 heteroatoms. The van der Waals surface area contributed by atoms with E-state index in [9.17, 15) is 8.42 Å². The van der Waals surface area contributed by atoms with Crippen LogP contribution < -0.4 is 15.4 Å². The van der Waals surface area contributed by atoms with Crippen LogP contribution in [0.1, 0.15) is 26.3 Å². The Labute approximate surface area is 204 Å². The third-order valence-corrected chi connectivity index (χ3v) is 6.58. The van der Waals surface area contributed by atoms with Crippen molar-refractivity contribution < 1.29 is 13.2 Å². The van der Waals surface area contributed by atoms with E-state index in [0.29, 0.717) is 31.0 Å².